The van der Waals surface area contributed by atoms with Crippen molar-refractivity contribution in [2.24, 2.45) is 7.05 Å². The van der Waals surface area contributed by atoms with Gasteiger partial charge in [-0.3, -0.25) is 4.79 Å². The summed E-state index contributed by atoms with van der Waals surface area (Å²) in [5, 5.41) is 3.41. The number of nitrogens with zero attached hydrogens (tertiary/aromatic N) is 1. The molecule has 5 nitrogen and oxygen atoms in total. The number of hydrogen-bond donors (Lipinski definition) is 1. The van der Waals surface area contributed by atoms with Crippen molar-refractivity contribution >= 4 is 29.2 Å². The smallest absolute Gasteiger partial charge is 0.355 e. The summed E-state index contributed by atoms with van der Waals surface area (Å²) in [6, 6.07) is 6.85. The van der Waals surface area contributed by atoms with Gasteiger partial charge in [0, 0.05) is 23.5 Å². The minimum atomic E-state index is -0.429. The molecule has 0 fully saturated rings. The van der Waals surface area contributed by atoms with Gasteiger partial charge < -0.3 is 14.6 Å². The number of halogens is 1. The fourth-order valence-corrected chi connectivity index (χ4v) is 2.65. The summed E-state index contributed by atoms with van der Waals surface area (Å²) in [4.78, 5) is 24.7. The predicted molar refractivity (Wildman–Crippen MR) is 90.2 cm³/mol. The molecule has 1 heterocycles. The largest absolute Gasteiger partial charge is 0.461 e. The standard InChI is InChI=1S/C17H19ClN2O3/c1-5-23-17(22)15-10(2)14(11(3)20(15)4)16(21)19-13-8-6-12(18)7-9-13/h6-9H,5H2,1-4H3,(H,19,21). The topological polar surface area (TPSA) is 60.3 Å². The second-order valence-corrected chi connectivity index (χ2v) is 5.61. The molecule has 0 atom stereocenters. The molecule has 0 aliphatic carbocycles. The molecule has 0 bridgehead atoms. The highest BCUT2D eigenvalue weighted by molar-refractivity contribution is 6.30. The van der Waals surface area contributed by atoms with E-state index < -0.39 is 5.97 Å². The molecule has 0 aliphatic heterocycles. The van der Waals surface area contributed by atoms with Crippen molar-refractivity contribution in [2.75, 3.05) is 11.9 Å². The molecule has 1 aromatic heterocycles. The van der Waals surface area contributed by atoms with Crippen LogP contribution in [0.15, 0.2) is 24.3 Å². The highest BCUT2D eigenvalue weighted by atomic mass is 35.5. The van der Waals surface area contributed by atoms with Gasteiger partial charge in [-0.05, 0) is 50.6 Å². The maximum atomic E-state index is 12.6. The molecule has 1 aromatic carbocycles. The second kappa shape index (κ2) is 6.87. The molecule has 6 heteroatoms. The van der Waals surface area contributed by atoms with E-state index in [1.54, 1.807) is 56.7 Å². The Morgan fingerprint density at radius 2 is 1.83 bits per heavy atom. The van der Waals surface area contributed by atoms with Gasteiger partial charge in [-0.2, -0.15) is 0 Å². The molecule has 1 N–H and O–H groups in total. The van der Waals surface area contributed by atoms with Gasteiger partial charge in [-0.25, -0.2) is 4.79 Å². The highest BCUT2D eigenvalue weighted by Gasteiger charge is 2.25. The molecule has 1 amide bonds. The minimum absolute atomic E-state index is 0.270. The van der Waals surface area contributed by atoms with Gasteiger partial charge in [-0.1, -0.05) is 11.6 Å². The Morgan fingerprint density at radius 3 is 2.39 bits per heavy atom. The Labute approximate surface area is 140 Å². The molecule has 0 unspecified atom stereocenters. The lowest BCUT2D eigenvalue weighted by Crippen LogP contribution is -2.14. The quantitative estimate of drug-likeness (QED) is 0.867. The number of benzene rings is 1. The normalized spacial score (nSPS) is 10.5. The molecule has 0 spiro atoms. The van der Waals surface area contributed by atoms with E-state index in [0.717, 1.165) is 0 Å². The summed E-state index contributed by atoms with van der Waals surface area (Å²) >= 11 is 5.84. The van der Waals surface area contributed by atoms with Crippen LogP contribution >= 0.6 is 11.6 Å². The number of hydrogen-bond acceptors (Lipinski definition) is 3. The van der Waals surface area contributed by atoms with Crippen LogP contribution in [-0.4, -0.2) is 23.1 Å². The fraction of sp³-hybridized carbons (Fsp3) is 0.294. The maximum absolute atomic E-state index is 12.6. The average Bonchev–Trinajstić information content (AvgIpc) is 2.72. The average molecular weight is 335 g/mol. The van der Waals surface area contributed by atoms with E-state index in [4.69, 9.17) is 16.3 Å². The first-order valence-electron chi connectivity index (χ1n) is 7.26. The molecule has 2 aromatic rings. The lowest BCUT2D eigenvalue weighted by atomic mass is 10.1. The van der Waals surface area contributed by atoms with Crippen molar-refractivity contribution in [3.8, 4) is 0 Å². The van der Waals surface area contributed by atoms with Crippen LogP contribution in [0.5, 0.6) is 0 Å². The van der Waals surface area contributed by atoms with Crippen LogP contribution in [0.25, 0.3) is 0 Å². The molecular formula is C17H19ClN2O3. The number of nitrogens with one attached hydrogen (secondary N) is 1. The first kappa shape index (κ1) is 17.1. The van der Waals surface area contributed by atoms with Gasteiger partial charge in [0.2, 0.25) is 0 Å². The molecular weight excluding hydrogens is 316 g/mol. The van der Waals surface area contributed by atoms with Gasteiger partial charge in [0.15, 0.2) is 0 Å². The van der Waals surface area contributed by atoms with Crippen LogP contribution in [-0.2, 0) is 11.8 Å². The SMILES string of the molecule is CCOC(=O)c1c(C)c(C(=O)Nc2ccc(Cl)cc2)c(C)n1C. The van der Waals surface area contributed by atoms with Gasteiger partial charge in [0.1, 0.15) is 5.69 Å². The molecule has 0 radical (unpaired) electrons. The van der Waals surface area contributed by atoms with E-state index in [9.17, 15) is 9.59 Å². The van der Waals surface area contributed by atoms with Crippen molar-refractivity contribution in [2.45, 2.75) is 20.8 Å². The summed E-state index contributed by atoms with van der Waals surface area (Å²) in [6.45, 7) is 5.58. The monoisotopic (exact) mass is 334 g/mol. The van der Waals surface area contributed by atoms with Crippen LogP contribution in [0.3, 0.4) is 0 Å². The van der Waals surface area contributed by atoms with Crippen molar-refractivity contribution < 1.29 is 14.3 Å². The number of amides is 1. The number of carbonyl (C=O) groups excluding carboxylic acids is 2. The molecule has 122 valence electrons. The zero-order chi connectivity index (χ0) is 17.1. The Kier molecular flexibility index (Phi) is 5.11. The van der Waals surface area contributed by atoms with E-state index in [2.05, 4.69) is 5.32 Å². The third-order valence-corrected chi connectivity index (χ3v) is 3.98. The summed E-state index contributed by atoms with van der Waals surface area (Å²) < 4.78 is 6.75. The van der Waals surface area contributed by atoms with Crippen molar-refractivity contribution in [3.05, 3.63) is 51.8 Å². The van der Waals surface area contributed by atoms with E-state index in [-0.39, 0.29) is 12.5 Å². The highest BCUT2D eigenvalue weighted by Crippen LogP contribution is 2.23. The van der Waals surface area contributed by atoms with Gasteiger partial charge in [0.05, 0.1) is 12.2 Å². The zero-order valence-electron chi connectivity index (χ0n) is 13.6. The Balaban J connectivity index is 2.35. The molecule has 2 rings (SSSR count). The summed E-state index contributed by atoms with van der Waals surface area (Å²) in [5.74, 6) is -0.699. The molecule has 23 heavy (non-hydrogen) atoms. The second-order valence-electron chi connectivity index (χ2n) is 5.17. The van der Waals surface area contributed by atoms with E-state index in [1.807, 2.05) is 0 Å². The van der Waals surface area contributed by atoms with Crippen LogP contribution in [0, 0.1) is 13.8 Å². The van der Waals surface area contributed by atoms with E-state index in [1.165, 1.54) is 0 Å². The van der Waals surface area contributed by atoms with Gasteiger partial charge in [-0.15, -0.1) is 0 Å². The summed E-state index contributed by atoms with van der Waals surface area (Å²) in [6.07, 6.45) is 0. The Bertz CT molecular complexity index is 748. The Morgan fingerprint density at radius 1 is 1.22 bits per heavy atom. The first-order chi connectivity index (χ1) is 10.9. The molecule has 0 saturated carbocycles. The minimum Gasteiger partial charge on any atom is -0.461 e. The van der Waals surface area contributed by atoms with Crippen molar-refractivity contribution in [3.63, 3.8) is 0 Å². The third-order valence-electron chi connectivity index (χ3n) is 3.73. The number of rotatable bonds is 4. The van der Waals surface area contributed by atoms with Gasteiger partial charge in [0.25, 0.3) is 5.91 Å². The summed E-state index contributed by atoms with van der Waals surface area (Å²) in [5.41, 5.74) is 2.82. The van der Waals surface area contributed by atoms with Crippen molar-refractivity contribution in [1.29, 1.82) is 0 Å². The summed E-state index contributed by atoms with van der Waals surface area (Å²) in [7, 11) is 1.74. The number of ether oxygens (including phenoxy) is 1. The van der Waals surface area contributed by atoms with Crippen LogP contribution < -0.4 is 5.32 Å². The first-order valence-corrected chi connectivity index (χ1v) is 7.64. The molecule has 0 saturated heterocycles. The third kappa shape index (κ3) is 3.40. The van der Waals surface area contributed by atoms with Gasteiger partial charge >= 0.3 is 5.97 Å². The molecule has 0 aliphatic rings. The number of carbonyl (C=O) groups is 2. The van der Waals surface area contributed by atoms with E-state index in [0.29, 0.717) is 33.2 Å². The Hall–Kier alpha value is -2.27. The van der Waals surface area contributed by atoms with Crippen LogP contribution in [0.4, 0.5) is 5.69 Å². The van der Waals surface area contributed by atoms with E-state index >= 15 is 0 Å². The van der Waals surface area contributed by atoms with Crippen LogP contribution in [0.1, 0.15) is 39.0 Å². The van der Waals surface area contributed by atoms with Crippen LogP contribution in [0.2, 0.25) is 5.02 Å². The van der Waals surface area contributed by atoms with Crippen molar-refractivity contribution in [1.82, 2.24) is 4.57 Å². The number of aromatic nitrogens is 1. The maximum Gasteiger partial charge on any atom is 0.355 e. The zero-order valence-corrected chi connectivity index (χ0v) is 14.3. The number of esters is 1. The lowest BCUT2D eigenvalue weighted by molar-refractivity contribution is 0.0514. The predicted octanol–water partition coefficient (Wildman–Crippen LogP) is 3.72. The fourth-order valence-electron chi connectivity index (χ4n) is 2.53. The number of anilines is 1. The lowest BCUT2D eigenvalue weighted by Gasteiger charge is -2.06.